The van der Waals surface area contributed by atoms with E-state index in [-0.39, 0.29) is 6.04 Å². The second kappa shape index (κ2) is 8.36. The molecule has 0 amide bonds. The van der Waals surface area contributed by atoms with Crippen LogP contribution in [0.3, 0.4) is 0 Å². The summed E-state index contributed by atoms with van der Waals surface area (Å²) in [5.41, 5.74) is 3.04. The van der Waals surface area contributed by atoms with Gasteiger partial charge in [0.1, 0.15) is 5.75 Å². The van der Waals surface area contributed by atoms with E-state index in [2.05, 4.69) is 44.3 Å². The molecule has 120 valence electrons. The van der Waals surface area contributed by atoms with E-state index in [0.717, 1.165) is 24.5 Å². The molecule has 0 aromatic heterocycles. The smallest absolute Gasteiger partial charge is 0.119 e. The first-order chi connectivity index (χ1) is 11.1. The van der Waals surface area contributed by atoms with Gasteiger partial charge >= 0.3 is 0 Å². The minimum absolute atomic E-state index is 0.236. The first-order valence-electron chi connectivity index (χ1n) is 8.03. The molecule has 1 N–H and O–H groups in total. The molecule has 0 fully saturated rings. The van der Waals surface area contributed by atoms with Crippen molar-refractivity contribution < 1.29 is 4.74 Å². The molecule has 3 heteroatoms. The van der Waals surface area contributed by atoms with Crippen LogP contribution in [0.4, 0.5) is 0 Å². The van der Waals surface area contributed by atoms with Gasteiger partial charge in [0.2, 0.25) is 0 Å². The minimum atomic E-state index is 0.236. The fourth-order valence-corrected chi connectivity index (χ4v) is 2.26. The van der Waals surface area contributed by atoms with Crippen molar-refractivity contribution in [2.24, 2.45) is 5.92 Å². The van der Waals surface area contributed by atoms with Gasteiger partial charge in [-0.05, 0) is 48.2 Å². The van der Waals surface area contributed by atoms with Gasteiger partial charge in [-0.25, -0.2) is 0 Å². The number of ether oxygens (including phenoxy) is 1. The monoisotopic (exact) mass is 308 g/mol. The van der Waals surface area contributed by atoms with Crippen molar-refractivity contribution >= 4 is 0 Å². The van der Waals surface area contributed by atoms with Crippen molar-refractivity contribution in [2.75, 3.05) is 6.61 Å². The Morgan fingerprint density at radius 1 is 1.09 bits per heavy atom. The van der Waals surface area contributed by atoms with Gasteiger partial charge in [0.05, 0.1) is 18.2 Å². The maximum atomic E-state index is 8.94. The van der Waals surface area contributed by atoms with Crippen LogP contribution >= 0.6 is 0 Å². The third-order valence-corrected chi connectivity index (χ3v) is 3.63. The van der Waals surface area contributed by atoms with Crippen LogP contribution in [0.5, 0.6) is 5.75 Å². The van der Waals surface area contributed by atoms with E-state index in [1.54, 1.807) is 0 Å². The molecular weight excluding hydrogens is 284 g/mol. The Morgan fingerprint density at radius 2 is 1.83 bits per heavy atom. The van der Waals surface area contributed by atoms with Crippen LogP contribution in [0.2, 0.25) is 0 Å². The summed E-state index contributed by atoms with van der Waals surface area (Å²) < 4.78 is 5.71. The van der Waals surface area contributed by atoms with E-state index in [4.69, 9.17) is 10.00 Å². The Bertz CT molecular complexity index is 656. The van der Waals surface area contributed by atoms with Crippen LogP contribution < -0.4 is 10.1 Å². The molecule has 0 saturated carbocycles. The van der Waals surface area contributed by atoms with Gasteiger partial charge < -0.3 is 10.1 Å². The van der Waals surface area contributed by atoms with Crippen molar-refractivity contribution in [2.45, 2.75) is 33.4 Å². The van der Waals surface area contributed by atoms with Crippen LogP contribution in [-0.2, 0) is 6.54 Å². The summed E-state index contributed by atoms with van der Waals surface area (Å²) in [5.74, 6) is 1.44. The lowest BCUT2D eigenvalue weighted by molar-refractivity contribution is 0.271. The maximum Gasteiger partial charge on any atom is 0.119 e. The lowest BCUT2D eigenvalue weighted by Crippen LogP contribution is -2.18. The molecule has 2 rings (SSSR count). The highest BCUT2D eigenvalue weighted by Crippen LogP contribution is 2.18. The Morgan fingerprint density at radius 3 is 2.48 bits per heavy atom. The maximum absolute atomic E-state index is 8.94. The molecule has 0 saturated heterocycles. The Labute approximate surface area is 138 Å². The fraction of sp³-hybridized carbons (Fsp3) is 0.350. The van der Waals surface area contributed by atoms with Crippen LogP contribution in [-0.4, -0.2) is 6.61 Å². The van der Waals surface area contributed by atoms with Crippen molar-refractivity contribution in [3.8, 4) is 11.8 Å². The number of hydrogen-bond donors (Lipinski definition) is 1. The molecule has 0 bridgehead atoms. The van der Waals surface area contributed by atoms with Gasteiger partial charge in [0.25, 0.3) is 0 Å². The van der Waals surface area contributed by atoms with Gasteiger partial charge in [0.15, 0.2) is 0 Å². The van der Waals surface area contributed by atoms with Crippen molar-refractivity contribution in [1.29, 1.82) is 5.26 Å². The van der Waals surface area contributed by atoms with Gasteiger partial charge in [-0.3, -0.25) is 0 Å². The number of nitrogens with one attached hydrogen (secondary N) is 1. The topological polar surface area (TPSA) is 45.0 Å². The number of rotatable bonds is 7. The van der Waals surface area contributed by atoms with Crippen molar-refractivity contribution in [1.82, 2.24) is 5.32 Å². The van der Waals surface area contributed by atoms with Crippen LogP contribution in [0.15, 0.2) is 48.5 Å². The van der Waals surface area contributed by atoms with Crippen LogP contribution in [0, 0.1) is 17.2 Å². The third kappa shape index (κ3) is 5.43. The van der Waals surface area contributed by atoms with Gasteiger partial charge in [0, 0.05) is 12.6 Å². The molecule has 0 heterocycles. The normalized spacial score (nSPS) is 12.0. The van der Waals surface area contributed by atoms with E-state index >= 15 is 0 Å². The van der Waals surface area contributed by atoms with E-state index in [9.17, 15) is 0 Å². The van der Waals surface area contributed by atoms with E-state index < -0.39 is 0 Å². The zero-order valence-corrected chi connectivity index (χ0v) is 14.0. The fourth-order valence-electron chi connectivity index (χ4n) is 2.26. The number of benzene rings is 2. The molecule has 0 aliphatic rings. The summed E-state index contributed by atoms with van der Waals surface area (Å²) in [6, 6.07) is 18.3. The molecule has 0 aliphatic carbocycles. The summed E-state index contributed by atoms with van der Waals surface area (Å²) >= 11 is 0. The Kier molecular flexibility index (Phi) is 6.19. The molecule has 2 aromatic carbocycles. The molecular formula is C20H24N2O. The third-order valence-electron chi connectivity index (χ3n) is 3.63. The average Bonchev–Trinajstić information content (AvgIpc) is 2.58. The first-order valence-corrected chi connectivity index (χ1v) is 8.03. The first kappa shape index (κ1) is 17.1. The highest BCUT2D eigenvalue weighted by atomic mass is 16.5. The summed E-state index contributed by atoms with van der Waals surface area (Å²) in [6.45, 7) is 7.89. The van der Waals surface area contributed by atoms with E-state index in [1.165, 1.54) is 5.56 Å². The summed E-state index contributed by atoms with van der Waals surface area (Å²) in [5, 5.41) is 12.4. The minimum Gasteiger partial charge on any atom is -0.493 e. The van der Waals surface area contributed by atoms with Crippen LogP contribution in [0.1, 0.15) is 43.5 Å². The van der Waals surface area contributed by atoms with Crippen molar-refractivity contribution in [3.63, 3.8) is 0 Å². The lowest BCUT2D eigenvalue weighted by atomic mass is 10.1. The lowest BCUT2D eigenvalue weighted by Gasteiger charge is -2.15. The second-order valence-electron chi connectivity index (χ2n) is 6.19. The predicted molar refractivity (Wildman–Crippen MR) is 93.2 cm³/mol. The number of nitrogens with zero attached hydrogens (tertiary/aromatic N) is 1. The largest absolute Gasteiger partial charge is 0.493 e. The molecule has 0 radical (unpaired) electrons. The molecule has 3 nitrogen and oxygen atoms in total. The summed E-state index contributed by atoms with van der Waals surface area (Å²) in [4.78, 5) is 0. The standard InChI is InChI=1S/C20H24N2O/c1-15(2)14-23-20-9-7-19(8-10-20)16(3)22-13-18-6-4-5-17(11-18)12-21/h4-11,15-16,22H,13-14H2,1-3H3. The second-order valence-corrected chi connectivity index (χ2v) is 6.19. The van der Waals surface area contributed by atoms with E-state index in [1.807, 2.05) is 36.4 Å². The molecule has 0 aliphatic heterocycles. The number of hydrogen-bond acceptors (Lipinski definition) is 3. The van der Waals surface area contributed by atoms with Crippen molar-refractivity contribution in [3.05, 3.63) is 65.2 Å². The van der Waals surface area contributed by atoms with Gasteiger partial charge in [-0.1, -0.05) is 38.1 Å². The summed E-state index contributed by atoms with van der Waals surface area (Å²) in [6.07, 6.45) is 0. The van der Waals surface area contributed by atoms with E-state index in [0.29, 0.717) is 11.5 Å². The molecule has 0 spiro atoms. The zero-order valence-electron chi connectivity index (χ0n) is 14.0. The highest BCUT2D eigenvalue weighted by molar-refractivity contribution is 5.33. The van der Waals surface area contributed by atoms with Gasteiger partial charge in [-0.15, -0.1) is 0 Å². The quantitative estimate of drug-likeness (QED) is 0.822. The molecule has 1 unspecified atom stereocenters. The summed E-state index contributed by atoms with van der Waals surface area (Å²) in [7, 11) is 0. The molecule has 1 atom stereocenters. The average molecular weight is 308 g/mol. The molecule has 23 heavy (non-hydrogen) atoms. The predicted octanol–water partition coefficient (Wildman–Crippen LogP) is 4.44. The Hall–Kier alpha value is -2.31. The molecule has 2 aromatic rings. The number of nitriles is 1. The Balaban J connectivity index is 1.90. The SMILES string of the molecule is CC(C)COc1ccc(C(C)NCc2cccc(C#N)c2)cc1. The van der Waals surface area contributed by atoms with Crippen LogP contribution in [0.25, 0.3) is 0 Å². The van der Waals surface area contributed by atoms with Gasteiger partial charge in [-0.2, -0.15) is 5.26 Å². The highest BCUT2D eigenvalue weighted by Gasteiger charge is 2.06. The zero-order chi connectivity index (χ0) is 16.7.